The Morgan fingerprint density at radius 3 is 2.95 bits per heavy atom. The summed E-state index contributed by atoms with van der Waals surface area (Å²) in [5, 5.41) is 3.58. The minimum absolute atomic E-state index is 0.512. The Bertz CT molecular complexity index is 434. The van der Waals surface area contributed by atoms with Crippen molar-refractivity contribution >= 4 is 15.9 Å². The lowest BCUT2D eigenvalue weighted by Gasteiger charge is -2.17. The first-order chi connectivity index (χ1) is 9.06. The first kappa shape index (κ1) is 14.8. The van der Waals surface area contributed by atoms with Gasteiger partial charge in [0.1, 0.15) is 5.75 Å². The molecule has 1 aromatic rings. The van der Waals surface area contributed by atoms with Crippen LogP contribution in [0.5, 0.6) is 5.75 Å². The maximum atomic E-state index is 5.75. The van der Waals surface area contributed by atoms with Crippen LogP contribution in [-0.2, 0) is 13.0 Å². The summed E-state index contributed by atoms with van der Waals surface area (Å²) in [6.07, 6.45) is 2.18. The second-order valence-electron chi connectivity index (χ2n) is 5.53. The monoisotopic (exact) mass is 326 g/mol. The Hall–Kier alpha value is -0.580. The van der Waals surface area contributed by atoms with E-state index in [1.807, 2.05) is 0 Å². The van der Waals surface area contributed by atoms with Gasteiger partial charge in [0.05, 0.1) is 6.61 Å². The van der Waals surface area contributed by atoms with Gasteiger partial charge in [0.15, 0.2) is 0 Å². The maximum absolute atomic E-state index is 5.75. The molecule has 1 aliphatic rings. The molecule has 1 unspecified atom stereocenters. The van der Waals surface area contributed by atoms with Crippen molar-refractivity contribution in [2.75, 3.05) is 27.2 Å². The van der Waals surface area contributed by atoms with Crippen LogP contribution >= 0.6 is 15.9 Å². The number of hydrogen-bond acceptors (Lipinski definition) is 3. The Labute approximate surface area is 124 Å². The van der Waals surface area contributed by atoms with E-state index in [2.05, 4.69) is 59.3 Å². The van der Waals surface area contributed by atoms with E-state index in [1.54, 1.807) is 0 Å². The van der Waals surface area contributed by atoms with Crippen molar-refractivity contribution in [3.05, 3.63) is 27.7 Å². The van der Waals surface area contributed by atoms with Gasteiger partial charge in [-0.15, -0.1) is 0 Å². The molecule has 0 aliphatic carbocycles. The molecule has 106 valence electrons. The number of fused-ring (bicyclic) bond motifs is 1. The molecule has 1 N–H and O–H groups in total. The number of rotatable bonds is 6. The van der Waals surface area contributed by atoms with Crippen LogP contribution < -0.4 is 10.1 Å². The smallest absolute Gasteiger partial charge is 0.127 e. The molecule has 0 spiro atoms. The first-order valence-corrected chi connectivity index (χ1v) is 7.68. The Kier molecular flexibility index (Phi) is 5.25. The molecule has 1 aromatic carbocycles. The average Bonchev–Trinajstić information content (AvgIpc) is 2.81. The number of nitrogens with zero attached hydrogens (tertiary/aromatic N) is 1. The Balaban J connectivity index is 1.93. The molecule has 0 saturated carbocycles. The van der Waals surface area contributed by atoms with Crippen LogP contribution in [0.4, 0.5) is 0 Å². The lowest BCUT2D eigenvalue weighted by Crippen LogP contribution is -2.29. The lowest BCUT2D eigenvalue weighted by molar-refractivity contribution is 0.347. The van der Waals surface area contributed by atoms with E-state index in [0.29, 0.717) is 6.04 Å². The van der Waals surface area contributed by atoms with E-state index in [1.165, 1.54) is 11.1 Å². The standard InChI is InChI=1S/C15H23BrN2O/c1-11(4-6-18(2)3)17-10-13-9-14(16)8-12-5-7-19-15(12)13/h8-9,11,17H,4-7,10H2,1-3H3. The second-order valence-corrected chi connectivity index (χ2v) is 6.44. The maximum Gasteiger partial charge on any atom is 0.127 e. The molecule has 1 heterocycles. The molecule has 1 aliphatic heterocycles. The number of hydrogen-bond donors (Lipinski definition) is 1. The van der Waals surface area contributed by atoms with E-state index in [-0.39, 0.29) is 0 Å². The SMILES string of the molecule is CC(CCN(C)C)NCc1cc(Br)cc2c1OCC2. The molecule has 0 fully saturated rings. The van der Waals surface area contributed by atoms with Gasteiger partial charge in [-0.2, -0.15) is 0 Å². The summed E-state index contributed by atoms with van der Waals surface area (Å²) in [6.45, 7) is 5.04. The van der Waals surface area contributed by atoms with Gasteiger partial charge in [-0.3, -0.25) is 0 Å². The summed E-state index contributed by atoms with van der Waals surface area (Å²) in [4.78, 5) is 2.22. The number of benzene rings is 1. The Morgan fingerprint density at radius 2 is 2.21 bits per heavy atom. The average molecular weight is 327 g/mol. The predicted molar refractivity (Wildman–Crippen MR) is 82.8 cm³/mol. The van der Waals surface area contributed by atoms with Crippen molar-refractivity contribution in [1.82, 2.24) is 10.2 Å². The molecule has 0 radical (unpaired) electrons. The van der Waals surface area contributed by atoms with Gasteiger partial charge in [-0.25, -0.2) is 0 Å². The first-order valence-electron chi connectivity index (χ1n) is 6.88. The largest absolute Gasteiger partial charge is 0.493 e. The summed E-state index contributed by atoms with van der Waals surface area (Å²) in [7, 11) is 4.23. The van der Waals surface area contributed by atoms with E-state index in [0.717, 1.165) is 42.8 Å². The number of nitrogens with one attached hydrogen (secondary N) is 1. The molecule has 1 atom stereocenters. The third-order valence-electron chi connectivity index (χ3n) is 3.48. The predicted octanol–water partition coefficient (Wildman–Crippen LogP) is 2.81. The summed E-state index contributed by atoms with van der Waals surface area (Å²) in [5.74, 6) is 1.09. The van der Waals surface area contributed by atoms with Gasteiger partial charge in [0.25, 0.3) is 0 Å². The third-order valence-corrected chi connectivity index (χ3v) is 3.93. The molecule has 2 rings (SSSR count). The fourth-order valence-electron chi connectivity index (χ4n) is 2.32. The van der Waals surface area contributed by atoms with E-state index < -0.39 is 0 Å². The van der Waals surface area contributed by atoms with Crippen molar-refractivity contribution in [3.8, 4) is 5.75 Å². The highest BCUT2D eigenvalue weighted by atomic mass is 79.9. The van der Waals surface area contributed by atoms with Gasteiger partial charge < -0.3 is 15.0 Å². The molecule has 0 saturated heterocycles. The van der Waals surface area contributed by atoms with Crippen molar-refractivity contribution in [3.63, 3.8) is 0 Å². The lowest BCUT2D eigenvalue weighted by atomic mass is 10.1. The number of ether oxygens (including phenoxy) is 1. The Morgan fingerprint density at radius 1 is 1.42 bits per heavy atom. The van der Waals surface area contributed by atoms with Crippen LogP contribution in [0.1, 0.15) is 24.5 Å². The van der Waals surface area contributed by atoms with Crippen LogP contribution in [0, 0.1) is 0 Å². The highest BCUT2D eigenvalue weighted by molar-refractivity contribution is 9.10. The fourth-order valence-corrected chi connectivity index (χ4v) is 2.87. The summed E-state index contributed by atoms with van der Waals surface area (Å²) in [5.41, 5.74) is 2.59. The van der Waals surface area contributed by atoms with Gasteiger partial charge >= 0.3 is 0 Å². The van der Waals surface area contributed by atoms with E-state index in [4.69, 9.17) is 4.74 Å². The molecule has 0 amide bonds. The zero-order valence-corrected chi connectivity index (χ0v) is 13.6. The number of halogens is 1. The van der Waals surface area contributed by atoms with Crippen LogP contribution in [0.25, 0.3) is 0 Å². The molecule has 3 nitrogen and oxygen atoms in total. The molecule has 0 bridgehead atoms. The normalized spacial score (nSPS) is 15.4. The quantitative estimate of drug-likeness (QED) is 0.870. The van der Waals surface area contributed by atoms with Crippen molar-refractivity contribution < 1.29 is 4.74 Å². The van der Waals surface area contributed by atoms with Gasteiger partial charge in [-0.05, 0) is 51.7 Å². The summed E-state index contributed by atoms with van der Waals surface area (Å²) in [6, 6.07) is 4.84. The van der Waals surface area contributed by atoms with Crippen LogP contribution in [0.2, 0.25) is 0 Å². The van der Waals surface area contributed by atoms with E-state index in [9.17, 15) is 0 Å². The topological polar surface area (TPSA) is 24.5 Å². The molecule has 19 heavy (non-hydrogen) atoms. The minimum Gasteiger partial charge on any atom is -0.493 e. The zero-order chi connectivity index (χ0) is 13.8. The molecular formula is C15H23BrN2O. The third kappa shape index (κ3) is 4.20. The molecule has 0 aromatic heterocycles. The molecule has 4 heteroatoms. The minimum atomic E-state index is 0.512. The van der Waals surface area contributed by atoms with Crippen molar-refractivity contribution in [2.45, 2.75) is 32.4 Å². The van der Waals surface area contributed by atoms with Crippen LogP contribution in [0.15, 0.2) is 16.6 Å². The van der Waals surface area contributed by atoms with Crippen molar-refractivity contribution in [1.29, 1.82) is 0 Å². The van der Waals surface area contributed by atoms with Gasteiger partial charge in [0.2, 0.25) is 0 Å². The summed E-state index contributed by atoms with van der Waals surface area (Å²) < 4.78 is 6.89. The fraction of sp³-hybridized carbons (Fsp3) is 0.600. The zero-order valence-electron chi connectivity index (χ0n) is 12.0. The van der Waals surface area contributed by atoms with Crippen LogP contribution in [-0.4, -0.2) is 38.2 Å². The van der Waals surface area contributed by atoms with Crippen molar-refractivity contribution in [2.24, 2.45) is 0 Å². The second kappa shape index (κ2) is 6.73. The van der Waals surface area contributed by atoms with Gasteiger partial charge in [0, 0.05) is 29.0 Å². The van der Waals surface area contributed by atoms with E-state index >= 15 is 0 Å². The van der Waals surface area contributed by atoms with Gasteiger partial charge in [-0.1, -0.05) is 15.9 Å². The molecular weight excluding hydrogens is 304 g/mol. The van der Waals surface area contributed by atoms with Crippen LogP contribution in [0.3, 0.4) is 0 Å². The highest BCUT2D eigenvalue weighted by Crippen LogP contribution is 2.32. The summed E-state index contributed by atoms with van der Waals surface area (Å²) >= 11 is 3.58. The highest BCUT2D eigenvalue weighted by Gasteiger charge is 2.17.